The van der Waals surface area contributed by atoms with Crippen molar-refractivity contribution in [1.82, 2.24) is 0 Å². The molecule has 4 aliphatic rings. The maximum atomic E-state index is 13.3. The van der Waals surface area contributed by atoms with E-state index in [2.05, 4.69) is 42.2 Å². The first-order valence-electron chi connectivity index (χ1n) is 9.42. The van der Waals surface area contributed by atoms with Gasteiger partial charge in [0.2, 0.25) is 0 Å². The standard InChI is InChI=1S/C22H23NO2/c1-12-6-5-7-14-10-11-17-18(13(2)24)19-15-8-3-4-9-16(15)22(25)21(19)23(17)20(12)14/h5-7,10-11,17-19,21H,3-4,8-9H2,1-2H3/t17-,18+,19-,21+/m1/s1. The molecule has 0 bridgehead atoms. The molecule has 0 aromatic heterocycles. The van der Waals surface area contributed by atoms with Gasteiger partial charge in [-0.3, -0.25) is 9.59 Å². The number of hydrogen-bond acceptors (Lipinski definition) is 3. The second-order valence-electron chi connectivity index (χ2n) is 7.95. The number of carbonyl (C=O) groups excluding carboxylic acids is 2. The van der Waals surface area contributed by atoms with Crippen LogP contribution in [0, 0.1) is 18.8 Å². The maximum Gasteiger partial charge on any atom is 0.181 e. The lowest BCUT2D eigenvalue weighted by Gasteiger charge is -2.36. The Morgan fingerprint density at radius 1 is 1.20 bits per heavy atom. The van der Waals surface area contributed by atoms with Gasteiger partial charge in [-0.2, -0.15) is 0 Å². The summed E-state index contributed by atoms with van der Waals surface area (Å²) in [6, 6.07) is 6.12. The summed E-state index contributed by atoms with van der Waals surface area (Å²) in [5.41, 5.74) is 5.86. The Hall–Kier alpha value is -2.16. The normalized spacial score (nSPS) is 32.4. The summed E-state index contributed by atoms with van der Waals surface area (Å²) in [5, 5.41) is 0. The number of hydrogen-bond donors (Lipinski definition) is 0. The van der Waals surface area contributed by atoms with Crippen LogP contribution >= 0.6 is 0 Å². The van der Waals surface area contributed by atoms with Gasteiger partial charge in [-0.05, 0) is 56.2 Å². The largest absolute Gasteiger partial charge is 0.353 e. The van der Waals surface area contributed by atoms with Crippen molar-refractivity contribution in [2.75, 3.05) is 4.90 Å². The Morgan fingerprint density at radius 2 is 2.00 bits per heavy atom. The highest BCUT2D eigenvalue weighted by molar-refractivity contribution is 6.08. The van der Waals surface area contributed by atoms with Gasteiger partial charge in [0.15, 0.2) is 5.78 Å². The third-order valence-corrected chi connectivity index (χ3v) is 6.66. The fraction of sp³-hybridized carbons (Fsp3) is 0.455. The Balaban J connectivity index is 1.72. The van der Waals surface area contributed by atoms with Crippen molar-refractivity contribution in [3.63, 3.8) is 0 Å². The fourth-order valence-corrected chi connectivity index (χ4v) is 5.76. The monoisotopic (exact) mass is 333 g/mol. The summed E-state index contributed by atoms with van der Waals surface area (Å²) < 4.78 is 0. The third kappa shape index (κ3) is 1.87. The Morgan fingerprint density at radius 3 is 2.80 bits per heavy atom. The number of nitrogens with zero attached hydrogens (tertiary/aromatic N) is 1. The van der Waals surface area contributed by atoms with Crippen LogP contribution in [0.25, 0.3) is 6.08 Å². The molecule has 0 N–H and O–H groups in total. The van der Waals surface area contributed by atoms with Gasteiger partial charge >= 0.3 is 0 Å². The molecular weight excluding hydrogens is 310 g/mol. The van der Waals surface area contributed by atoms with Crippen LogP contribution in [0.4, 0.5) is 5.69 Å². The van der Waals surface area contributed by atoms with Crippen LogP contribution < -0.4 is 4.90 Å². The summed E-state index contributed by atoms with van der Waals surface area (Å²) in [4.78, 5) is 28.3. The topological polar surface area (TPSA) is 37.4 Å². The van der Waals surface area contributed by atoms with Crippen molar-refractivity contribution in [2.24, 2.45) is 11.8 Å². The predicted molar refractivity (Wildman–Crippen MR) is 98.4 cm³/mol. The van der Waals surface area contributed by atoms with Crippen LogP contribution in [0.15, 0.2) is 35.4 Å². The highest BCUT2D eigenvalue weighted by atomic mass is 16.1. The molecule has 0 spiro atoms. The van der Waals surface area contributed by atoms with Gasteiger partial charge in [0, 0.05) is 11.6 Å². The van der Waals surface area contributed by atoms with E-state index < -0.39 is 0 Å². The number of aryl methyl sites for hydroxylation is 1. The number of carbonyl (C=O) groups is 2. The Bertz CT molecular complexity index is 863. The molecule has 0 radical (unpaired) electrons. The first-order valence-corrected chi connectivity index (χ1v) is 9.42. The van der Waals surface area contributed by atoms with Crippen molar-refractivity contribution >= 4 is 23.3 Å². The lowest BCUT2D eigenvalue weighted by Crippen LogP contribution is -2.43. The second-order valence-corrected chi connectivity index (χ2v) is 7.95. The lowest BCUT2D eigenvalue weighted by molar-refractivity contribution is -0.121. The van der Waals surface area contributed by atoms with Crippen molar-refractivity contribution in [1.29, 1.82) is 0 Å². The van der Waals surface area contributed by atoms with Gasteiger partial charge in [0.25, 0.3) is 0 Å². The fourth-order valence-electron chi connectivity index (χ4n) is 5.76. The third-order valence-electron chi connectivity index (χ3n) is 6.66. The van der Waals surface area contributed by atoms with E-state index in [0.29, 0.717) is 0 Å². The molecule has 2 aliphatic carbocycles. The van der Waals surface area contributed by atoms with Crippen molar-refractivity contribution in [2.45, 2.75) is 51.6 Å². The number of para-hydroxylation sites is 1. The molecule has 0 saturated carbocycles. The number of benzene rings is 1. The molecule has 2 heterocycles. The zero-order valence-electron chi connectivity index (χ0n) is 14.8. The van der Waals surface area contributed by atoms with E-state index in [0.717, 1.165) is 42.5 Å². The van der Waals surface area contributed by atoms with Crippen LogP contribution in [-0.2, 0) is 9.59 Å². The summed E-state index contributed by atoms with van der Waals surface area (Å²) in [6.07, 6.45) is 8.45. The van der Waals surface area contributed by atoms with Gasteiger partial charge in [0.1, 0.15) is 5.78 Å². The number of Topliss-reactive ketones (excluding diaryl/α,β-unsaturated/α-hetero) is 2. The van der Waals surface area contributed by atoms with E-state index in [1.54, 1.807) is 6.92 Å². The minimum absolute atomic E-state index is 0.0148. The average Bonchev–Trinajstić information content (AvgIpc) is 3.09. The molecule has 4 atom stereocenters. The van der Waals surface area contributed by atoms with Gasteiger partial charge < -0.3 is 4.90 Å². The molecular formula is C22H23NO2. The molecule has 1 aromatic rings. The zero-order chi connectivity index (χ0) is 17.3. The van der Waals surface area contributed by atoms with Crippen molar-refractivity contribution in [3.8, 4) is 0 Å². The zero-order valence-corrected chi connectivity index (χ0v) is 14.8. The van der Waals surface area contributed by atoms with Crippen molar-refractivity contribution in [3.05, 3.63) is 46.5 Å². The number of ketones is 2. The van der Waals surface area contributed by atoms with Gasteiger partial charge in [-0.15, -0.1) is 0 Å². The lowest BCUT2D eigenvalue weighted by atomic mass is 9.78. The molecule has 0 unspecified atom stereocenters. The van der Waals surface area contributed by atoms with E-state index in [9.17, 15) is 9.59 Å². The first-order chi connectivity index (χ1) is 12.1. The summed E-state index contributed by atoms with van der Waals surface area (Å²) >= 11 is 0. The molecule has 1 aromatic carbocycles. The Kier molecular flexibility index (Phi) is 3.13. The molecule has 2 aliphatic heterocycles. The van der Waals surface area contributed by atoms with Crippen LogP contribution in [0.1, 0.15) is 43.7 Å². The number of fused-ring (bicyclic) bond motifs is 6. The minimum atomic E-state index is -0.174. The molecule has 0 amide bonds. The SMILES string of the molecule is CC(=O)[C@@H]1[C@H]2C3=C(CCCC3)C(=O)[C@H]2N2c3c(C)cccc3C=C[C@H]12. The van der Waals surface area contributed by atoms with E-state index >= 15 is 0 Å². The van der Waals surface area contributed by atoms with Crippen LogP contribution in [-0.4, -0.2) is 23.7 Å². The van der Waals surface area contributed by atoms with Crippen molar-refractivity contribution < 1.29 is 9.59 Å². The molecule has 128 valence electrons. The van der Waals surface area contributed by atoms with Crippen LogP contribution in [0.2, 0.25) is 0 Å². The molecule has 5 rings (SSSR count). The summed E-state index contributed by atoms with van der Waals surface area (Å²) in [5.74, 6) is 0.498. The molecule has 1 fully saturated rings. The van der Waals surface area contributed by atoms with Gasteiger partial charge in [-0.25, -0.2) is 0 Å². The smallest absolute Gasteiger partial charge is 0.181 e. The quantitative estimate of drug-likeness (QED) is 0.783. The molecule has 1 saturated heterocycles. The number of rotatable bonds is 1. The molecule has 25 heavy (non-hydrogen) atoms. The summed E-state index contributed by atoms with van der Waals surface area (Å²) in [6.45, 7) is 3.82. The molecule has 3 heteroatoms. The second kappa shape index (κ2) is 5.17. The van der Waals surface area contributed by atoms with E-state index in [-0.39, 0.29) is 35.5 Å². The van der Waals surface area contributed by atoms with E-state index in [1.807, 2.05) is 0 Å². The van der Waals surface area contributed by atoms with E-state index in [1.165, 1.54) is 11.1 Å². The van der Waals surface area contributed by atoms with E-state index in [4.69, 9.17) is 0 Å². The van der Waals surface area contributed by atoms with Crippen LogP contribution in [0.3, 0.4) is 0 Å². The predicted octanol–water partition coefficient (Wildman–Crippen LogP) is 3.85. The number of anilines is 1. The summed E-state index contributed by atoms with van der Waals surface area (Å²) in [7, 11) is 0. The first kappa shape index (κ1) is 15.1. The van der Waals surface area contributed by atoms with Crippen LogP contribution in [0.5, 0.6) is 0 Å². The van der Waals surface area contributed by atoms with Gasteiger partial charge in [0.05, 0.1) is 18.0 Å². The Labute approximate surface area is 148 Å². The highest BCUT2D eigenvalue weighted by Crippen LogP contribution is 2.54. The average molecular weight is 333 g/mol. The molecule has 3 nitrogen and oxygen atoms in total. The maximum absolute atomic E-state index is 13.3. The van der Waals surface area contributed by atoms with Gasteiger partial charge in [-0.1, -0.05) is 35.9 Å². The highest BCUT2D eigenvalue weighted by Gasteiger charge is 2.59. The minimum Gasteiger partial charge on any atom is -0.353 e.